The Kier molecular flexibility index (Phi) is 4.59. The number of alkyl halides is 3. The molecule has 4 nitrogen and oxygen atoms in total. The molecule has 1 spiro atoms. The van der Waals surface area contributed by atoms with Gasteiger partial charge >= 0.3 is 12.1 Å². The minimum absolute atomic E-state index is 0.0353. The summed E-state index contributed by atoms with van der Waals surface area (Å²) in [7, 11) is 0. The van der Waals surface area contributed by atoms with E-state index in [1.807, 2.05) is 0 Å². The van der Waals surface area contributed by atoms with Gasteiger partial charge in [-0.25, -0.2) is 0 Å². The first kappa shape index (κ1) is 15.6. The number of hydrogen-bond donors (Lipinski definition) is 1. The zero-order valence-electron chi connectivity index (χ0n) is 11.3. The van der Waals surface area contributed by atoms with Crippen molar-refractivity contribution in [2.75, 3.05) is 19.6 Å². The van der Waals surface area contributed by atoms with Crippen molar-refractivity contribution in [3.05, 3.63) is 0 Å². The summed E-state index contributed by atoms with van der Waals surface area (Å²) in [6.07, 6.45) is 1.08. The van der Waals surface area contributed by atoms with Crippen LogP contribution in [0.3, 0.4) is 0 Å². The number of rotatable bonds is 5. The number of carbonyl (C=O) groups is 1. The van der Waals surface area contributed by atoms with Crippen LogP contribution in [0.4, 0.5) is 13.2 Å². The predicted molar refractivity (Wildman–Crippen MR) is 65.4 cm³/mol. The maximum absolute atomic E-state index is 12.4. The molecular weight excluding hydrogens is 275 g/mol. The maximum atomic E-state index is 12.4. The Morgan fingerprint density at radius 2 is 1.95 bits per heavy atom. The van der Waals surface area contributed by atoms with Crippen LogP contribution in [-0.2, 0) is 9.53 Å². The van der Waals surface area contributed by atoms with E-state index >= 15 is 0 Å². The van der Waals surface area contributed by atoms with Gasteiger partial charge in [-0.1, -0.05) is 12.8 Å². The first-order valence-corrected chi connectivity index (χ1v) is 6.97. The molecule has 1 atom stereocenters. The van der Waals surface area contributed by atoms with E-state index in [4.69, 9.17) is 9.84 Å². The van der Waals surface area contributed by atoms with Gasteiger partial charge in [0.2, 0.25) is 0 Å². The lowest BCUT2D eigenvalue weighted by Crippen LogP contribution is -2.42. The monoisotopic (exact) mass is 295 g/mol. The third kappa shape index (κ3) is 4.34. The Bertz CT molecular complexity index is 353. The average Bonchev–Trinajstić information content (AvgIpc) is 2.86. The lowest BCUT2D eigenvalue weighted by Gasteiger charge is -2.27. The quantitative estimate of drug-likeness (QED) is 0.846. The van der Waals surface area contributed by atoms with Crippen molar-refractivity contribution < 1.29 is 27.8 Å². The second kappa shape index (κ2) is 5.89. The zero-order chi connectivity index (χ0) is 14.8. The normalized spacial score (nSPS) is 25.7. The molecule has 0 aromatic rings. The van der Waals surface area contributed by atoms with Crippen molar-refractivity contribution >= 4 is 5.97 Å². The number of halogens is 3. The van der Waals surface area contributed by atoms with Crippen molar-refractivity contribution in [3.63, 3.8) is 0 Å². The summed E-state index contributed by atoms with van der Waals surface area (Å²) in [5, 5.41) is 8.71. The Balaban J connectivity index is 1.89. The van der Waals surface area contributed by atoms with Crippen LogP contribution in [-0.4, -0.2) is 53.5 Å². The second-order valence-electron chi connectivity index (χ2n) is 5.85. The van der Waals surface area contributed by atoms with E-state index in [9.17, 15) is 18.0 Å². The highest BCUT2D eigenvalue weighted by Crippen LogP contribution is 2.43. The SMILES string of the molecule is O=C(O)CN(CC1CCC2(CCCC2)O1)CC(F)(F)F. The largest absolute Gasteiger partial charge is 0.480 e. The van der Waals surface area contributed by atoms with E-state index in [-0.39, 0.29) is 18.2 Å². The second-order valence-corrected chi connectivity index (χ2v) is 5.85. The van der Waals surface area contributed by atoms with E-state index in [1.54, 1.807) is 0 Å². The fourth-order valence-electron chi connectivity index (χ4n) is 3.33. The maximum Gasteiger partial charge on any atom is 0.401 e. The molecule has 0 aromatic carbocycles. The molecule has 1 unspecified atom stereocenters. The van der Waals surface area contributed by atoms with Gasteiger partial charge < -0.3 is 9.84 Å². The lowest BCUT2D eigenvalue weighted by molar-refractivity contribution is -0.157. The number of carboxylic acids is 1. The topological polar surface area (TPSA) is 49.8 Å². The lowest BCUT2D eigenvalue weighted by atomic mass is 9.98. The van der Waals surface area contributed by atoms with Crippen LogP contribution in [0.25, 0.3) is 0 Å². The number of ether oxygens (including phenoxy) is 1. The Hall–Kier alpha value is -0.820. The molecule has 1 saturated heterocycles. The molecule has 1 heterocycles. The van der Waals surface area contributed by atoms with Crippen molar-refractivity contribution in [1.82, 2.24) is 4.90 Å². The minimum atomic E-state index is -4.39. The number of carboxylic acid groups (broad SMARTS) is 1. The third-order valence-corrected chi connectivity index (χ3v) is 4.08. The molecule has 0 aromatic heterocycles. The van der Waals surface area contributed by atoms with Crippen molar-refractivity contribution in [2.45, 2.75) is 56.4 Å². The smallest absolute Gasteiger partial charge is 0.401 e. The first-order chi connectivity index (χ1) is 9.28. The van der Waals surface area contributed by atoms with Gasteiger partial charge in [0.15, 0.2) is 0 Å². The van der Waals surface area contributed by atoms with Crippen molar-refractivity contribution in [3.8, 4) is 0 Å². The summed E-state index contributed by atoms with van der Waals surface area (Å²) < 4.78 is 43.3. The van der Waals surface area contributed by atoms with E-state index in [2.05, 4.69) is 0 Å². The van der Waals surface area contributed by atoms with Crippen LogP contribution in [0.2, 0.25) is 0 Å². The summed E-state index contributed by atoms with van der Waals surface area (Å²) in [6.45, 7) is -1.77. The van der Waals surface area contributed by atoms with Crippen LogP contribution in [0, 0.1) is 0 Å². The Morgan fingerprint density at radius 1 is 1.30 bits per heavy atom. The van der Waals surface area contributed by atoms with Gasteiger partial charge in [0, 0.05) is 6.54 Å². The van der Waals surface area contributed by atoms with Gasteiger partial charge in [0.05, 0.1) is 24.8 Å². The third-order valence-electron chi connectivity index (χ3n) is 4.08. The summed E-state index contributed by atoms with van der Waals surface area (Å²) in [6, 6.07) is 0. The number of hydrogen-bond acceptors (Lipinski definition) is 3. The van der Waals surface area contributed by atoms with E-state index in [0.717, 1.165) is 37.0 Å². The van der Waals surface area contributed by atoms with Crippen molar-refractivity contribution in [2.24, 2.45) is 0 Å². The summed E-state index contributed by atoms with van der Waals surface area (Å²) in [5.41, 5.74) is -0.141. The molecule has 0 radical (unpaired) electrons. The molecule has 2 fully saturated rings. The van der Waals surface area contributed by atoms with Crippen LogP contribution < -0.4 is 0 Å². The highest BCUT2D eigenvalue weighted by atomic mass is 19.4. The van der Waals surface area contributed by atoms with Gasteiger partial charge in [0.25, 0.3) is 0 Å². The molecule has 1 aliphatic heterocycles. The minimum Gasteiger partial charge on any atom is -0.480 e. The van der Waals surface area contributed by atoms with Crippen LogP contribution >= 0.6 is 0 Å². The van der Waals surface area contributed by atoms with Gasteiger partial charge in [-0.3, -0.25) is 9.69 Å². The molecule has 0 amide bonds. The highest BCUT2D eigenvalue weighted by Gasteiger charge is 2.43. The Labute approximate surface area is 115 Å². The number of nitrogens with zero attached hydrogens (tertiary/aromatic N) is 1. The summed E-state index contributed by atoms with van der Waals surface area (Å²) >= 11 is 0. The molecule has 116 valence electrons. The van der Waals surface area contributed by atoms with Crippen LogP contribution in [0.15, 0.2) is 0 Å². The van der Waals surface area contributed by atoms with Gasteiger partial charge in [-0.15, -0.1) is 0 Å². The highest BCUT2D eigenvalue weighted by molar-refractivity contribution is 5.69. The van der Waals surface area contributed by atoms with Crippen LogP contribution in [0.1, 0.15) is 38.5 Å². The Morgan fingerprint density at radius 3 is 2.50 bits per heavy atom. The molecule has 1 aliphatic carbocycles. The molecule has 0 bridgehead atoms. The molecule has 2 rings (SSSR count). The standard InChI is InChI=1S/C13H20F3NO3/c14-13(15,16)9-17(8-11(18)19)7-10-3-6-12(20-10)4-1-2-5-12/h10H,1-9H2,(H,18,19). The molecule has 1 N–H and O–H groups in total. The van der Waals surface area contributed by atoms with Gasteiger partial charge in [0.1, 0.15) is 0 Å². The fourth-order valence-corrected chi connectivity index (χ4v) is 3.33. The van der Waals surface area contributed by atoms with E-state index in [0.29, 0.717) is 6.42 Å². The van der Waals surface area contributed by atoms with Crippen molar-refractivity contribution in [1.29, 1.82) is 0 Å². The zero-order valence-corrected chi connectivity index (χ0v) is 11.3. The predicted octanol–water partition coefficient (Wildman–Crippen LogP) is 2.43. The molecule has 1 saturated carbocycles. The van der Waals surface area contributed by atoms with E-state index < -0.39 is 25.2 Å². The van der Waals surface area contributed by atoms with Gasteiger partial charge in [-0.2, -0.15) is 13.2 Å². The molecule has 2 aliphatic rings. The van der Waals surface area contributed by atoms with Gasteiger partial charge in [-0.05, 0) is 25.7 Å². The van der Waals surface area contributed by atoms with E-state index in [1.165, 1.54) is 0 Å². The fraction of sp³-hybridized carbons (Fsp3) is 0.923. The molecule has 7 heteroatoms. The number of aliphatic carboxylic acids is 1. The molecular formula is C13H20F3NO3. The summed E-state index contributed by atoms with van der Waals surface area (Å²) in [4.78, 5) is 11.6. The molecule has 20 heavy (non-hydrogen) atoms. The first-order valence-electron chi connectivity index (χ1n) is 6.97. The summed E-state index contributed by atoms with van der Waals surface area (Å²) in [5.74, 6) is -1.25. The van der Waals surface area contributed by atoms with Crippen LogP contribution in [0.5, 0.6) is 0 Å². The average molecular weight is 295 g/mol.